The fourth-order valence-corrected chi connectivity index (χ4v) is 1.42. The van der Waals surface area contributed by atoms with Gasteiger partial charge in [0.25, 0.3) is 0 Å². The molecule has 0 fully saturated rings. The molecule has 2 nitrogen and oxygen atoms in total. The van der Waals surface area contributed by atoms with Crippen LogP contribution in [0.3, 0.4) is 0 Å². The summed E-state index contributed by atoms with van der Waals surface area (Å²) in [5.41, 5.74) is 6.80. The summed E-state index contributed by atoms with van der Waals surface area (Å²) >= 11 is 0. The van der Waals surface area contributed by atoms with Gasteiger partial charge in [0.1, 0.15) is 11.9 Å². The molecule has 1 aromatic carbocycles. The van der Waals surface area contributed by atoms with Gasteiger partial charge in [0.05, 0.1) is 0 Å². The molecule has 2 heteroatoms. The average molecular weight is 193 g/mol. The van der Waals surface area contributed by atoms with Gasteiger partial charge in [0, 0.05) is 6.54 Å². The van der Waals surface area contributed by atoms with Gasteiger partial charge < -0.3 is 10.5 Å². The Bertz CT molecular complexity index is 273. The Balaban J connectivity index is 2.62. The van der Waals surface area contributed by atoms with E-state index in [1.807, 2.05) is 18.2 Å². The molecule has 0 heterocycles. The van der Waals surface area contributed by atoms with Gasteiger partial charge in [-0.3, -0.25) is 0 Å². The maximum absolute atomic E-state index is 5.81. The fraction of sp³-hybridized carbons (Fsp3) is 0.500. The first kappa shape index (κ1) is 11.1. The second-order valence-corrected chi connectivity index (χ2v) is 3.53. The van der Waals surface area contributed by atoms with Crippen molar-refractivity contribution in [3.05, 3.63) is 29.8 Å². The van der Waals surface area contributed by atoms with Gasteiger partial charge in [-0.25, -0.2) is 0 Å². The van der Waals surface area contributed by atoms with Crippen LogP contribution in [0.25, 0.3) is 0 Å². The second kappa shape index (κ2) is 5.66. The molecule has 2 N–H and O–H groups in total. The first-order chi connectivity index (χ1) is 6.77. The molecule has 14 heavy (non-hydrogen) atoms. The molecule has 78 valence electrons. The van der Waals surface area contributed by atoms with Crippen molar-refractivity contribution in [3.8, 4) is 5.75 Å². The van der Waals surface area contributed by atoms with E-state index in [1.165, 1.54) is 5.56 Å². The van der Waals surface area contributed by atoms with E-state index in [-0.39, 0.29) is 6.10 Å². The molecule has 0 radical (unpaired) electrons. The normalized spacial score (nSPS) is 12.5. The highest BCUT2D eigenvalue weighted by molar-refractivity contribution is 5.31. The molecule has 0 saturated heterocycles. The minimum absolute atomic E-state index is 0.154. The predicted octanol–water partition coefficient (Wildman–Crippen LogP) is 2.50. The zero-order valence-electron chi connectivity index (χ0n) is 8.99. The Kier molecular flexibility index (Phi) is 4.47. The lowest BCUT2D eigenvalue weighted by molar-refractivity contribution is 0.197. The Hall–Kier alpha value is -1.02. The first-order valence-electron chi connectivity index (χ1n) is 5.20. The zero-order chi connectivity index (χ0) is 10.4. The van der Waals surface area contributed by atoms with Crippen LogP contribution in [0.2, 0.25) is 0 Å². The van der Waals surface area contributed by atoms with E-state index < -0.39 is 0 Å². The van der Waals surface area contributed by atoms with Gasteiger partial charge in [-0.15, -0.1) is 0 Å². The van der Waals surface area contributed by atoms with Crippen molar-refractivity contribution in [2.75, 3.05) is 6.54 Å². The third kappa shape index (κ3) is 3.04. The second-order valence-electron chi connectivity index (χ2n) is 3.53. The quantitative estimate of drug-likeness (QED) is 0.779. The van der Waals surface area contributed by atoms with Crippen LogP contribution in [-0.2, 0) is 0 Å². The minimum atomic E-state index is 0.154. The number of benzene rings is 1. The largest absolute Gasteiger partial charge is 0.489 e. The molecule has 0 aromatic heterocycles. The number of nitrogens with two attached hydrogens (primary N) is 1. The average Bonchev–Trinajstić information content (AvgIpc) is 2.20. The van der Waals surface area contributed by atoms with Crippen molar-refractivity contribution in [2.24, 2.45) is 5.73 Å². The van der Waals surface area contributed by atoms with E-state index in [0.717, 1.165) is 18.6 Å². The molecule has 1 rings (SSSR count). The molecule has 0 bridgehead atoms. The number of para-hydroxylation sites is 1. The van der Waals surface area contributed by atoms with Gasteiger partial charge in [-0.05, 0) is 25.0 Å². The lowest BCUT2D eigenvalue weighted by atomic mass is 10.2. The third-order valence-corrected chi connectivity index (χ3v) is 2.26. The van der Waals surface area contributed by atoms with Crippen LogP contribution >= 0.6 is 0 Å². The smallest absolute Gasteiger partial charge is 0.122 e. The van der Waals surface area contributed by atoms with Crippen molar-refractivity contribution in [1.82, 2.24) is 0 Å². The van der Waals surface area contributed by atoms with Crippen molar-refractivity contribution < 1.29 is 4.74 Å². The SMILES string of the molecule is CCCC(CN)Oc1ccccc1C. The van der Waals surface area contributed by atoms with Crippen LogP contribution in [0.15, 0.2) is 24.3 Å². The topological polar surface area (TPSA) is 35.2 Å². The Morgan fingerprint density at radius 3 is 2.64 bits per heavy atom. The summed E-state index contributed by atoms with van der Waals surface area (Å²) in [5.74, 6) is 0.955. The van der Waals surface area contributed by atoms with Gasteiger partial charge in [0.15, 0.2) is 0 Å². The van der Waals surface area contributed by atoms with Gasteiger partial charge in [-0.1, -0.05) is 31.5 Å². The molecule has 0 saturated carbocycles. The van der Waals surface area contributed by atoms with Crippen molar-refractivity contribution >= 4 is 0 Å². The standard InChI is InChI=1S/C12H19NO/c1-3-6-11(9-13)14-12-8-5-4-7-10(12)2/h4-5,7-8,11H,3,6,9,13H2,1-2H3. The van der Waals surface area contributed by atoms with E-state index in [4.69, 9.17) is 10.5 Å². The summed E-state index contributed by atoms with van der Waals surface area (Å²) in [7, 11) is 0. The molecule has 0 aliphatic rings. The highest BCUT2D eigenvalue weighted by Gasteiger charge is 2.07. The maximum atomic E-state index is 5.81. The maximum Gasteiger partial charge on any atom is 0.122 e. The number of hydrogen-bond acceptors (Lipinski definition) is 2. The van der Waals surface area contributed by atoms with E-state index in [1.54, 1.807) is 0 Å². The lowest BCUT2D eigenvalue weighted by Gasteiger charge is -2.17. The van der Waals surface area contributed by atoms with E-state index in [9.17, 15) is 0 Å². The van der Waals surface area contributed by atoms with E-state index in [2.05, 4.69) is 19.9 Å². The highest BCUT2D eigenvalue weighted by atomic mass is 16.5. The Labute approximate surface area is 86.1 Å². The summed E-state index contributed by atoms with van der Waals surface area (Å²) in [5, 5.41) is 0. The van der Waals surface area contributed by atoms with Crippen molar-refractivity contribution in [3.63, 3.8) is 0 Å². The summed E-state index contributed by atoms with van der Waals surface area (Å²) < 4.78 is 5.81. The fourth-order valence-electron chi connectivity index (χ4n) is 1.42. The van der Waals surface area contributed by atoms with Gasteiger partial charge in [-0.2, -0.15) is 0 Å². The predicted molar refractivity (Wildman–Crippen MR) is 59.6 cm³/mol. The molecular formula is C12H19NO. The molecule has 0 amide bonds. The number of hydrogen-bond donors (Lipinski definition) is 1. The van der Waals surface area contributed by atoms with Crippen molar-refractivity contribution in [1.29, 1.82) is 0 Å². The molecule has 1 aromatic rings. The summed E-state index contributed by atoms with van der Waals surface area (Å²) in [4.78, 5) is 0. The zero-order valence-corrected chi connectivity index (χ0v) is 8.99. The van der Waals surface area contributed by atoms with Crippen LogP contribution in [0.1, 0.15) is 25.3 Å². The molecular weight excluding hydrogens is 174 g/mol. The number of ether oxygens (including phenoxy) is 1. The van der Waals surface area contributed by atoms with E-state index in [0.29, 0.717) is 6.54 Å². The van der Waals surface area contributed by atoms with Gasteiger partial charge >= 0.3 is 0 Å². The Morgan fingerprint density at radius 2 is 2.07 bits per heavy atom. The third-order valence-electron chi connectivity index (χ3n) is 2.26. The highest BCUT2D eigenvalue weighted by Crippen LogP contribution is 2.18. The lowest BCUT2D eigenvalue weighted by Crippen LogP contribution is -2.26. The Morgan fingerprint density at radius 1 is 1.36 bits per heavy atom. The van der Waals surface area contributed by atoms with Crippen molar-refractivity contribution in [2.45, 2.75) is 32.8 Å². The molecule has 0 spiro atoms. The molecule has 0 aliphatic heterocycles. The molecule has 1 unspecified atom stereocenters. The van der Waals surface area contributed by atoms with E-state index >= 15 is 0 Å². The molecule has 0 aliphatic carbocycles. The summed E-state index contributed by atoms with van der Waals surface area (Å²) in [6, 6.07) is 8.05. The summed E-state index contributed by atoms with van der Waals surface area (Å²) in [6.07, 6.45) is 2.28. The first-order valence-corrected chi connectivity index (χ1v) is 5.20. The van der Waals surface area contributed by atoms with Crippen LogP contribution in [0, 0.1) is 6.92 Å². The monoisotopic (exact) mass is 193 g/mol. The van der Waals surface area contributed by atoms with Crippen LogP contribution < -0.4 is 10.5 Å². The molecule has 1 atom stereocenters. The minimum Gasteiger partial charge on any atom is -0.489 e. The van der Waals surface area contributed by atoms with Crippen LogP contribution in [0.4, 0.5) is 0 Å². The van der Waals surface area contributed by atoms with Crippen LogP contribution in [-0.4, -0.2) is 12.6 Å². The summed E-state index contributed by atoms with van der Waals surface area (Å²) in [6.45, 7) is 4.78. The number of rotatable bonds is 5. The van der Waals surface area contributed by atoms with Crippen LogP contribution in [0.5, 0.6) is 5.75 Å². The number of aryl methyl sites for hydroxylation is 1. The van der Waals surface area contributed by atoms with Gasteiger partial charge in [0.2, 0.25) is 0 Å².